The maximum absolute atomic E-state index is 12.8. The molecule has 0 atom stereocenters. The Kier molecular flexibility index (Phi) is 4.36. The van der Waals surface area contributed by atoms with E-state index in [2.05, 4.69) is 9.88 Å². The lowest BCUT2D eigenvalue weighted by atomic mass is 10.2. The van der Waals surface area contributed by atoms with E-state index in [1.165, 1.54) is 0 Å². The molecular formula is C13H17F3N4O. The van der Waals surface area contributed by atoms with Gasteiger partial charge in [0.25, 0.3) is 5.91 Å². The molecule has 0 saturated carbocycles. The highest BCUT2D eigenvalue weighted by molar-refractivity contribution is 5.97. The minimum atomic E-state index is -4.55. The van der Waals surface area contributed by atoms with Crippen molar-refractivity contribution in [3.63, 3.8) is 0 Å². The van der Waals surface area contributed by atoms with Gasteiger partial charge in [0, 0.05) is 26.2 Å². The molecule has 1 aliphatic heterocycles. The Morgan fingerprint density at radius 2 is 1.90 bits per heavy atom. The van der Waals surface area contributed by atoms with Crippen LogP contribution in [0.4, 0.5) is 19.0 Å². The van der Waals surface area contributed by atoms with Crippen LogP contribution in [0.3, 0.4) is 0 Å². The van der Waals surface area contributed by atoms with E-state index in [9.17, 15) is 18.0 Å². The van der Waals surface area contributed by atoms with Gasteiger partial charge in [0.1, 0.15) is 11.5 Å². The van der Waals surface area contributed by atoms with Crippen molar-refractivity contribution in [2.24, 2.45) is 5.73 Å². The second kappa shape index (κ2) is 5.88. The molecule has 8 heteroatoms. The molecule has 2 rings (SSSR count). The molecule has 116 valence electrons. The number of likely N-dealkylation sites (N-methyl/N-ethyl adjacent to an activating group) is 1. The van der Waals surface area contributed by atoms with Crippen molar-refractivity contribution in [2.75, 3.05) is 37.6 Å². The molecule has 1 amide bonds. The molecule has 21 heavy (non-hydrogen) atoms. The van der Waals surface area contributed by atoms with Crippen LogP contribution in [-0.4, -0.2) is 48.5 Å². The number of nitrogens with two attached hydrogens (primary N) is 1. The molecule has 1 saturated heterocycles. The Balaban J connectivity index is 2.33. The smallest absolute Gasteiger partial charge is 0.365 e. The second-order valence-corrected chi connectivity index (χ2v) is 4.85. The number of carbonyl (C=O) groups excluding carboxylic acids is 1. The maximum atomic E-state index is 12.8. The predicted molar refractivity (Wildman–Crippen MR) is 72.1 cm³/mol. The van der Waals surface area contributed by atoms with E-state index in [4.69, 9.17) is 5.73 Å². The third-order valence-corrected chi connectivity index (χ3v) is 3.55. The summed E-state index contributed by atoms with van der Waals surface area (Å²) in [5.41, 5.74) is 4.24. The Bertz CT molecular complexity index is 525. The van der Waals surface area contributed by atoms with Crippen molar-refractivity contribution >= 4 is 11.7 Å². The van der Waals surface area contributed by atoms with Gasteiger partial charge in [-0.3, -0.25) is 4.79 Å². The number of nitrogens with zero attached hydrogens (tertiary/aromatic N) is 3. The first-order valence-electron chi connectivity index (χ1n) is 6.68. The predicted octanol–water partition coefficient (Wildman–Crippen LogP) is 1.34. The normalized spacial score (nSPS) is 17.0. The number of hydrogen-bond acceptors (Lipinski definition) is 4. The molecule has 0 aliphatic carbocycles. The molecule has 1 aromatic rings. The molecule has 0 aromatic carbocycles. The number of aromatic nitrogens is 1. The van der Waals surface area contributed by atoms with Gasteiger partial charge in [-0.2, -0.15) is 13.2 Å². The minimum absolute atomic E-state index is 0.0212. The Hall–Kier alpha value is -1.83. The summed E-state index contributed by atoms with van der Waals surface area (Å²) in [6.45, 7) is 5.36. The highest BCUT2D eigenvalue weighted by atomic mass is 19.4. The molecule has 1 fully saturated rings. The second-order valence-electron chi connectivity index (χ2n) is 4.85. The van der Waals surface area contributed by atoms with E-state index in [-0.39, 0.29) is 11.4 Å². The highest BCUT2D eigenvalue weighted by Crippen LogP contribution is 2.30. The van der Waals surface area contributed by atoms with Crippen LogP contribution in [0.1, 0.15) is 23.0 Å². The topological polar surface area (TPSA) is 62.5 Å². The fourth-order valence-corrected chi connectivity index (χ4v) is 2.32. The molecule has 2 heterocycles. The molecule has 5 nitrogen and oxygen atoms in total. The summed E-state index contributed by atoms with van der Waals surface area (Å²) in [4.78, 5) is 18.9. The number of pyridine rings is 1. The number of anilines is 1. The first kappa shape index (κ1) is 15.6. The van der Waals surface area contributed by atoms with Gasteiger partial charge in [-0.15, -0.1) is 0 Å². The van der Waals surface area contributed by atoms with Crippen molar-refractivity contribution < 1.29 is 18.0 Å². The number of primary amides is 1. The van der Waals surface area contributed by atoms with Crippen LogP contribution in [0.2, 0.25) is 0 Å². The SMILES string of the molecule is CCN1CCN(c2nc(C(F)(F)F)ccc2C(N)=O)CC1. The summed E-state index contributed by atoms with van der Waals surface area (Å²) >= 11 is 0. The molecule has 0 radical (unpaired) electrons. The number of piperazine rings is 1. The molecule has 1 aromatic heterocycles. The Morgan fingerprint density at radius 3 is 2.38 bits per heavy atom. The first-order chi connectivity index (χ1) is 9.82. The number of halogens is 3. The minimum Gasteiger partial charge on any atom is -0.365 e. The molecule has 0 unspecified atom stereocenters. The number of rotatable bonds is 3. The van der Waals surface area contributed by atoms with Gasteiger partial charge in [0.2, 0.25) is 0 Å². The van der Waals surface area contributed by atoms with Crippen molar-refractivity contribution in [2.45, 2.75) is 13.1 Å². The van der Waals surface area contributed by atoms with Gasteiger partial charge in [-0.1, -0.05) is 6.92 Å². The summed E-state index contributed by atoms with van der Waals surface area (Å²) in [7, 11) is 0. The van der Waals surface area contributed by atoms with E-state index < -0.39 is 17.8 Å². The number of hydrogen-bond donors (Lipinski definition) is 1. The van der Waals surface area contributed by atoms with Crippen LogP contribution in [0.5, 0.6) is 0 Å². The van der Waals surface area contributed by atoms with Crippen LogP contribution in [0.25, 0.3) is 0 Å². The van der Waals surface area contributed by atoms with Crippen LogP contribution >= 0.6 is 0 Å². The monoisotopic (exact) mass is 302 g/mol. The van der Waals surface area contributed by atoms with E-state index in [1.54, 1.807) is 4.90 Å². The maximum Gasteiger partial charge on any atom is 0.433 e. The lowest BCUT2D eigenvalue weighted by Gasteiger charge is -2.35. The van der Waals surface area contributed by atoms with Crippen LogP contribution < -0.4 is 10.6 Å². The molecule has 0 spiro atoms. The third kappa shape index (κ3) is 3.44. The average Bonchev–Trinajstić information content (AvgIpc) is 2.45. The van der Waals surface area contributed by atoms with E-state index in [0.717, 1.165) is 18.7 Å². The Morgan fingerprint density at radius 1 is 1.29 bits per heavy atom. The quantitative estimate of drug-likeness (QED) is 0.915. The molecular weight excluding hydrogens is 285 g/mol. The highest BCUT2D eigenvalue weighted by Gasteiger charge is 2.34. The zero-order chi connectivity index (χ0) is 15.6. The Labute approximate surface area is 120 Å². The fraction of sp³-hybridized carbons (Fsp3) is 0.538. The van der Waals surface area contributed by atoms with Crippen LogP contribution in [0.15, 0.2) is 12.1 Å². The zero-order valence-electron chi connectivity index (χ0n) is 11.7. The largest absolute Gasteiger partial charge is 0.433 e. The number of alkyl halides is 3. The summed E-state index contributed by atoms with van der Waals surface area (Å²) < 4.78 is 38.3. The average molecular weight is 302 g/mol. The van der Waals surface area contributed by atoms with E-state index in [0.29, 0.717) is 26.2 Å². The van der Waals surface area contributed by atoms with Gasteiger partial charge < -0.3 is 15.5 Å². The summed E-state index contributed by atoms with van der Waals surface area (Å²) in [6.07, 6.45) is -4.55. The van der Waals surface area contributed by atoms with Crippen molar-refractivity contribution in [1.29, 1.82) is 0 Å². The van der Waals surface area contributed by atoms with Crippen molar-refractivity contribution in [3.8, 4) is 0 Å². The lowest BCUT2D eigenvalue weighted by molar-refractivity contribution is -0.141. The van der Waals surface area contributed by atoms with Crippen molar-refractivity contribution in [1.82, 2.24) is 9.88 Å². The molecule has 0 bridgehead atoms. The first-order valence-corrected chi connectivity index (χ1v) is 6.68. The van der Waals surface area contributed by atoms with Crippen LogP contribution in [0, 0.1) is 0 Å². The van der Waals surface area contributed by atoms with Gasteiger partial charge in [-0.05, 0) is 18.7 Å². The molecule has 1 aliphatic rings. The zero-order valence-corrected chi connectivity index (χ0v) is 11.7. The van der Waals surface area contributed by atoms with Crippen LogP contribution in [-0.2, 0) is 6.18 Å². The summed E-state index contributed by atoms with van der Waals surface area (Å²) in [5.74, 6) is -0.753. The van der Waals surface area contributed by atoms with Gasteiger partial charge in [-0.25, -0.2) is 4.98 Å². The number of carbonyl (C=O) groups is 1. The third-order valence-electron chi connectivity index (χ3n) is 3.55. The lowest BCUT2D eigenvalue weighted by Crippen LogP contribution is -2.47. The van der Waals surface area contributed by atoms with Gasteiger partial charge in [0.05, 0.1) is 5.56 Å². The number of amides is 1. The van der Waals surface area contributed by atoms with Crippen molar-refractivity contribution in [3.05, 3.63) is 23.4 Å². The standard InChI is InChI=1S/C13H17F3N4O/c1-2-19-5-7-20(8-6-19)12-9(11(17)21)3-4-10(18-12)13(14,15)16/h3-4H,2,5-8H2,1H3,(H2,17,21). The van der Waals surface area contributed by atoms with Gasteiger partial charge in [0.15, 0.2) is 0 Å². The fourth-order valence-electron chi connectivity index (χ4n) is 2.32. The molecule has 2 N–H and O–H groups in total. The van der Waals surface area contributed by atoms with E-state index >= 15 is 0 Å². The summed E-state index contributed by atoms with van der Waals surface area (Å²) in [5, 5.41) is 0. The summed E-state index contributed by atoms with van der Waals surface area (Å²) in [6, 6.07) is 1.88. The van der Waals surface area contributed by atoms with Gasteiger partial charge >= 0.3 is 6.18 Å². The van der Waals surface area contributed by atoms with E-state index in [1.807, 2.05) is 6.92 Å².